The Hall–Kier alpha value is -0.710. The first-order valence-corrected chi connectivity index (χ1v) is 4.06. The number of rotatable bonds is 3. The highest BCUT2D eigenvalue weighted by Crippen LogP contribution is 2.34. The van der Waals surface area contributed by atoms with Gasteiger partial charge in [-0.15, -0.1) is 0 Å². The number of hydrogen-bond donors (Lipinski definition) is 0. The van der Waals surface area contributed by atoms with Crippen molar-refractivity contribution in [3.8, 4) is 6.19 Å². The highest BCUT2D eigenvalue weighted by Gasteiger charge is 2.32. The van der Waals surface area contributed by atoms with E-state index in [4.69, 9.17) is 5.26 Å². The molecule has 0 bridgehead atoms. The van der Waals surface area contributed by atoms with Crippen LogP contribution in [0.1, 0.15) is 25.7 Å². The van der Waals surface area contributed by atoms with E-state index in [0.29, 0.717) is 6.04 Å². The molecule has 2 rings (SSSR count). The molecule has 2 heteroatoms. The molecule has 0 aromatic rings. The molecule has 2 aliphatic rings. The summed E-state index contributed by atoms with van der Waals surface area (Å²) in [7, 11) is 0. The van der Waals surface area contributed by atoms with Gasteiger partial charge in [0.05, 0.1) is 0 Å². The second-order valence-electron chi connectivity index (χ2n) is 3.43. The third kappa shape index (κ3) is 1.23. The van der Waals surface area contributed by atoms with Crippen LogP contribution in [0.3, 0.4) is 0 Å². The van der Waals surface area contributed by atoms with Gasteiger partial charge in [0.25, 0.3) is 0 Å². The molecule has 2 nitrogen and oxygen atoms in total. The molecule has 0 N–H and O–H groups in total. The lowest BCUT2D eigenvalue weighted by Gasteiger charge is -2.12. The van der Waals surface area contributed by atoms with Crippen LogP contribution >= 0.6 is 0 Å². The molecule has 0 aliphatic heterocycles. The van der Waals surface area contributed by atoms with Crippen molar-refractivity contribution in [2.24, 2.45) is 5.92 Å². The second kappa shape index (κ2) is 2.16. The maximum atomic E-state index is 8.69. The van der Waals surface area contributed by atoms with Gasteiger partial charge in [-0.05, 0) is 31.6 Å². The highest BCUT2D eigenvalue weighted by atomic mass is 15.2. The maximum Gasteiger partial charge on any atom is 0.179 e. The first-order valence-electron chi connectivity index (χ1n) is 4.06. The van der Waals surface area contributed by atoms with Crippen molar-refractivity contribution < 1.29 is 0 Å². The zero-order valence-corrected chi connectivity index (χ0v) is 6.08. The number of nitrogens with zero attached hydrogens (tertiary/aromatic N) is 2. The van der Waals surface area contributed by atoms with Gasteiger partial charge in [0.2, 0.25) is 0 Å². The lowest BCUT2D eigenvalue weighted by atomic mass is 10.4. The molecular weight excluding hydrogens is 124 g/mol. The summed E-state index contributed by atoms with van der Waals surface area (Å²) in [5, 5.41) is 8.69. The summed E-state index contributed by atoms with van der Waals surface area (Å²) >= 11 is 0. The van der Waals surface area contributed by atoms with Gasteiger partial charge >= 0.3 is 0 Å². The van der Waals surface area contributed by atoms with Crippen molar-refractivity contribution in [1.82, 2.24) is 4.90 Å². The van der Waals surface area contributed by atoms with E-state index in [1.165, 1.54) is 25.7 Å². The third-order valence-corrected chi connectivity index (χ3v) is 2.27. The second-order valence-corrected chi connectivity index (χ2v) is 3.43. The van der Waals surface area contributed by atoms with Gasteiger partial charge in [-0.2, -0.15) is 5.26 Å². The largest absolute Gasteiger partial charge is 0.307 e. The molecule has 0 spiro atoms. The molecule has 0 heterocycles. The molecule has 0 radical (unpaired) electrons. The topological polar surface area (TPSA) is 27.0 Å². The Morgan fingerprint density at radius 1 is 1.30 bits per heavy atom. The van der Waals surface area contributed by atoms with E-state index in [1.807, 2.05) is 4.90 Å². The Bertz CT molecular complexity index is 163. The van der Waals surface area contributed by atoms with Gasteiger partial charge < -0.3 is 4.90 Å². The molecule has 0 aromatic heterocycles. The van der Waals surface area contributed by atoms with Crippen LogP contribution in [0.15, 0.2) is 0 Å². The zero-order chi connectivity index (χ0) is 6.97. The average Bonchev–Trinajstić information content (AvgIpc) is 2.76. The predicted octanol–water partition coefficient (Wildman–Crippen LogP) is 1.34. The van der Waals surface area contributed by atoms with Crippen molar-refractivity contribution in [3.63, 3.8) is 0 Å². The lowest BCUT2D eigenvalue weighted by molar-refractivity contribution is 0.365. The first kappa shape index (κ1) is 6.03. The molecule has 2 fully saturated rings. The van der Waals surface area contributed by atoms with E-state index in [1.54, 1.807) is 0 Å². The van der Waals surface area contributed by atoms with Gasteiger partial charge in [0, 0.05) is 12.6 Å². The fraction of sp³-hybridized carbons (Fsp3) is 0.875. The third-order valence-electron chi connectivity index (χ3n) is 2.27. The van der Waals surface area contributed by atoms with Crippen LogP contribution in [-0.2, 0) is 0 Å². The molecular formula is C8H12N2. The average molecular weight is 136 g/mol. The predicted molar refractivity (Wildman–Crippen MR) is 38.1 cm³/mol. The van der Waals surface area contributed by atoms with Crippen molar-refractivity contribution in [2.75, 3.05) is 6.54 Å². The zero-order valence-electron chi connectivity index (χ0n) is 6.08. The lowest BCUT2D eigenvalue weighted by Crippen LogP contribution is -2.22. The summed E-state index contributed by atoms with van der Waals surface area (Å²) in [6.45, 7) is 1.04. The SMILES string of the molecule is N#CN(CC1CC1)C1CC1. The first-order chi connectivity index (χ1) is 4.90. The maximum absolute atomic E-state index is 8.69. The van der Waals surface area contributed by atoms with Gasteiger partial charge in [0.15, 0.2) is 6.19 Å². The Labute approximate surface area is 61.4 Å². The summed E-state index contributed by atoms with van der Waals surface area (Å²) in [5.41, 5.74) is 0. The Kier molecular flexibility index (Phi) is 1.30. The van der Waals surface area contributed by atoms with Crippen molar-refractivity contribution in [1.29, 1.82) is 5.26 Å². The van der Waals surface area contributed by atoms with Gasteiger partial charge in [-0.1, -0.05) is 0 Å². The molecule has 0 amide bonds. The molecule has 10 heavy (non-hydrogen) atoms. The van der Waals surface area contributed by atoms with Crippen LogP contribution in [0.25, 0.3) is 0 Å². The van der Waals surface area contributed by atoms with Crippen molar-refractivity contribution in [2.45, 2.75) is 31.7 Å². The normalized spacial score (nSPS) is 23.9. The van der Waals surface area contributed by atoms with Gasteiger partial charge in [-0.3, -0.25) is 0 Å². The monoisotopic (exact) mass is 136 g/mol. The van der Waals surface area contributed by atoms with E-state index < -0.39 is 0 Å². The van der Waals surface area contributed by atoms with E-state index in [9.17, 15) is 0 Å². The van der Waals surface area contributed by atoms with Crippen LogP contribution in [0.5, 0.6) is 0 Å². The summed E-state index contributed by atoms with van der Waals surface area (Å²) in [4.78, 5) is 1.97. The van der Waals surface area contributed by atoms with E-state index >= 15 is 0 Å². The van der Waals surface area contributed by atoms with Crippen molar-refractivity contribution in [3.05, 3.63) is 0 Å². The summed E-state index contributed by atoms with van der Waals surface area (Å²) in [6, 6.07) is 0.630. The van der Waals surface area contributed by atoms with Gasteiger partial charge in [-0.25, -0.2) is 0 Å². The quantitative estimate of drug-likeness (QED) is 0.432. The van der Waals surface area contributed by atoms with Crippen LogP contribution < -0.4 is 0 Å². The Morgan fingerprint density at radius 2 is 2.00 bits per heavy atom. The summed E-state index contributed by atoms with van der Waals surface area (Å²) < 4.78 is 0. The van der Waals surface area contributed by atoms with Crippen LogP contribution in [0, 0.1) is 17.4 Å². The van der Waals surface area contributed by atoms with E-state index in [0.717, 1.165) is 12.5 Å². The van der Waals surface area contributed by atoms with Crippen LogP contribution in [0.2, 0.25) is 0 Å². The van der Waals surface area contributed by atoms with E-state index in [-0.39, 0.29) is 0 Å². The standard InChI is InChI=1S/C8H12N2/c9-6-10(8-3-4-8)5-7-1-2-7/h7-8H,1-5H2. The smallest absolute Gasteiger partial charge is 0.179 e. The molecule has 2 saturated carbocycles. The number of hydrogen-bond acceptors (Lipinski definition) is 2. The Balaban J connectivity index is 1.80. The minimum Gasteiger partial charge on any atom is -0.307 e. The minimum absolute atomic E-state index is 0.630. The van der Waals surface area contributed by atoms with E-state index in [2.05, 4.69) is 6.19 Å². The minimum atomic E-state index is 0.630. The number of nitriles is 1. The van der Waals surface area contributed by atoms with Crippen molar-refractivity contribution >= 4 is 0 Å². The fourth-order valence-electron chi connectivity index (χ4n) is 1.24. The van der Waals surface area contributed by atoms with Crippen LogP contribution in [0.4, 0.5) is 0 Å². The molecule has 54 valence electrons. The highest BCUT2D eigenvalue weighted by molar-refractivity contribution is 4.94. The fourth-order valence-corrected chi connectivity index (χ4v) is 1.24. The molecule has 0 unspecified atom stereocenters. The summed E-state index contributed by atoms with van der Waals surface area (Å²) in [5.74, 6) is 0.861. The molecule has 0 atom stereocenters. The van der Waals surface area contributed by atoms with Gasteiger partial charge in [0.1, 0.15) is 0 Å². The molecule has 0 saturated heterocycles. The summed E-state index contributed by atoms with van der Waals surface area (Å²) in [6.07, 6.45) is 7.47. The van der Waals surface area contributed by atoms with Crippen LogP contribution in [-0.4, -0.2) is 17.5 Å². The molecule has 0 aromatic carbocycles. The molecule has 2 aliphatic carbocycles. The Morgan fingerprint density at radius 3 is 2.40 bits per heavy atom.